The van der Waals surface area contributed by atoms with Crippen molar-refractivity contribution in [2.45, 2.75) is 13.0 Å². The molecule has 3 rings (SSSR count). The van der Waals surface area contributed by atoms with Crippen LogP contribution in [0.3, 0.4) is 0 Å². The number of para-hydroxylation sites is 2. The molecule has 1 heterocycles. The molecule has 25 heavy (non-hydrogen) atoms. The van der Waals surface area contributed by atoms with Gasteiger partial charge in [-0.05, 0) is 42.8 Å². The Morgan fingerprint density at radius 2 is 1.92 bits per heavy atom. The van der Waals surface area contributed by atoms with Crippen LogP contribution in [0.1, 0.15) is 15.9 Å². The normalized spacial score (nSPS) is 15.8. The molecule has 2 aromatic carbocycles. The van der Waals surface area contributed by atoms with Gasteiger partial charge < -0.3 is 19.1 Å². The summed E-state index contributed by atoms with van der Waals surface area (Å²) < 4.78 is 15.7. The van der Waals surface area contributed by atoms with Crippen LogP contribution in [0, 0.1) is 6.92 Å². The molecule has 1 aliphatic rings. The van der Waals surface area contributed by atoms with Crippen molar-refractivity contribution < 1.29 is 23.8 Å². The van der Waals surface area contributed by atoms with Crippen molar-refractivity contribution in [3.63, 3.8) is 0 Å². The first-order chi connectivity index (χ1) is 12.0. The Kier molecular flexibility index (Phi) is 4.61. The molecule has 6 heteroatoms. The van der Waals surface area contributed by atoms with E-state index in [0.29, 0.717) is 22.7 Å². The molecule has 130 valence electrons. The van der Waals surface area contributed by atoms with E-state index in [1.807, 2.05) is 13.0 Å². The van der Waals surface area contributed by atoms with Gasteiger partial charge in [0.2, 0.25) is 6.10 Å². The third kappa shape index (κ3) is 3.15. The molecule has 0 bridgehead atoms. The van der Waals surface area contributed by atoms with Crippen LogP contribution >= 0.6 is 0 Å². The standard InChI is InChI=1S/C19H19NO5/c1-12-10-13(8-9-15(12)23-2)18(21)20-11-17(19(22)24-3)25-16-7-5-4-6-14(16)20/h4-10,17H,11H2,1-3H3/t17-/m1/s1. The number of aryl methyl sites for hydroxylation is 1. The van der Waals surface area contributed by atoms with Crippen LogP contribution in [0.5, 0.6) is 11.5 Å². The molecule has 0 spiro atoms. The Morgan fingerprint density at radius 3 is 2.60 bits per heavy atom. The molecule has 1 amide bonds. The summed E-state index contributed by atoms with van der Waals surface area (Å²) in [6.07, 6.45) is -0.858. The molecule has 6 nitrogen and oxygen atoms in total. The lowest BCUT2D eigenvalue weighted by Crippen LogP contribution is -2.47. The summed E-state index contributed by atoms with van der Waals surface area (Å²) in [6.45, 7) is 1.97. The van der Waals surface area contributed by atoms with Crippen LogP contribution in [0.4, 0.5) is 5.69 Å². The summed E-state index contributed by atoms with van der Waals surface area (Å²) in [4.78, 5) is 26.5. The molecule has 0 fully saturated rings. The zero-order chi connectivity index (χ0) is 18.0. The van der Waals surface area contributed by atoms with Crippen molar-refractivity contribution in [1.82, 2.24) is 0 Å². The van der Waals surface area contributed by atoms with E-state index < -0.39 is 12.1 Å². The molecule has 0 unspecified atom stereocenters. The second-order valence-corrected chi connectivity index (χ2v) is 5.70. The van der Waals surface area contributed by atoms with E-state index in [9.17, 15) is 9.59 Å². The monoisotopic (exact) mass is 341 g/mol. The van der Waals surface area contributed by atoms with Gasteiger partial charge >= 0.3 is 5.97 Å². The van der Waals surface area contributed by atoms with Crippen molar-refractivity contribution in [2.75, 3.05) is 25.7 Å². The van der Waals surface area contributed by atoms with Crippen molar-refractivity contribution in [1.29, 1.82) is 0 Å². The van der Waals surface area contributed by atoms with Gasteiger partial charge in [0.25, 0.3) is 5.91 Å². The highest BCUT2D eigenvalue weighted by Gasteiger charge is 2.34. The molecule has 1 aliphatic heterocycles. The zero-order valence-electron chi connectivity index (χ0n) is 14.3. The second kappa shape index (κ2) is 6.84. The van der Waals surface area contributed by atoms with Gasteiger partial charge in [0.15, 0.2) is 0 Å². The Morgan fingerprint density at radius 1 is 1.16 bits per heavy atom. The van der Waals surface area contributed by atoms with Gasteiger partial charge in [0.05, 0.1) is 26.5 Å². The van der Waals surface area contributed by atoms with Gasteiger partial charge in [0, 0.05) is 5.56 Å². The van der Waals surface area contributed by atoms with Crippen LogP contribution in [0.15, 0.2) is 42.5 Å². The average Bonchev–Trinajstić information content (AvgIpc) is 2.65. The third-order valence-electron chi connectivity index (χ3n) is 4.12. The van der Waals surface area contributed by atoms with E-state index in [1.54, 1.807) is 48.4 Å². The molecule has 0 aromatic heterocycles. The summed E-state index contributed by atoms with van der Waals surface area (Å²) in [7, 11) is 2.88. The van der Waals surface area contributed by atoms with Crippen LogP contribution in [0.25, 0.3) is 0 Å². The van der Waals surface area contributed by atoms with Gasteiger partial charge in [-0.25, -0.2) is 4.79 Å². The fraction of sp³-hybridized carbons (Fsp3) is 0.263. The molecule has 0 aliphatic carbocycles. The number of anilines is 1. The molecule has 0 radical (unpaired) electrons. The molecular formula is C19H19NO5. The molecule has 1 atom stereocenters. The minimum absolute atomic E-state index is 0.0909. The van der Waals surface area contributed by atoms with Crippen molar-refractivity contribution in [3.8, 4) is 11.5 Å². The minimum Gasteiger partial charge on any atom is -0.496 e. The van der Waals surface area contributed by atoms with Crippen LogP contribution in [-0.4, -0.2) is 38.7 Å². The van der Waals surface area contributed by atoms with E-state index in [2.05, 4.69) is 0 Å². The molecule has 0 saturated carbocycles. The number of carbonyl (C=O) groups is 2. The fourth-order valence-electron chi connectivity index (χ4n) is 2.85. The van der Waals surface area contributed by atoms with E-state index in [4.69, 9.17) is 14.2 Å². The Bertz CT molecular complexity index is 817. The minimum atomic E-state index is -0.858. The van der Waals surface area contributed by atoms with Crippen molar-refractivity contribution >= 4 is 17.6 Å². The smallest absolute Gasteiger partial charge is 0.348 e. The highest BCUT2D eigenvalue weighted by atomic mass is 16.6. The summed E-state index contributed by atoms with van der Waals surface area (Å²) >= 11 is 0. The van der Waals surface area contributed by atoms with Crippen molar-refractivity contribution in [3.05, 3.63) is 53.6 Å². The first-order valence-corrected chi connectivity index (χ1v) is 7.85. The number of rotatable bonds is 3. The van der Waals surface area contributed by atoms with Gasteiger partial charge in [-0.3, -0.25) is 4.79 Å². The number of nitrogens with zero attached hydrogens (tertiary/aromatic N) is 1. The maximum atomic E-state index is 13.0. The number of fused-ring (bicyclic) bond motifs is 1. The summed E-state index contributed by atoms with van der Waals surface area (Å²) in [6, 6.07) is 12.4. The molecule has 0 saturated heterocycles. The van der Waals surface area contributed by atoms with E-state index in [0.717, 1.165) is 5.56 Å². The lowest BCUT2D eigenvalue weighted by atomic mass is 10.1. The predicted molar refractivity (Wildman–Crippen MR) is 92.3 cm³/mol. The van der Waals surface area contributed by atoms with Gasteiger partial charge in [-0.15, -0.1) is 0 Å². The summed E-state index contributed by atoms with van der Waals surface area (Å²) in [5.74, 6) is 0.461. The SMILES string of the molecule is COC(=O)[C@H]1CN(C(=O)c2ccc(OC)c(C)c2)c2ccccc2O1. The first-order valence-electron chi connectivity index (χ1n) is 7.85. The lowest BCUT2D eigenvalue weighted by Gasteiger charge is -2.33. The lowest BCUT2D eigenvalue weighted by molar-refractivity contribution is -0.148. The summed E-state index contributed by atoms with van der Waals surface area (Å²) in [5, 5.41) is 0. The molecular weight excluding hydrogens is 322 g/mol. The predicted octanol–water partition coefficient (Wildman–Crippen LogP) is 2.58. The van der Waals surface area contributed by atoms with Crippen LogP contribution in [0.2, 0.25) is 0 Å². The maximum Gasteiger partial charge on any atom is 0.348 e. The summed E-state index contributed by atoms with van der Waals surface area (Å²) in [5.41, 5.74) is 2.00. The topological polar surface area (TPSA) is 65.1 Å². The van der Waals surface area contributed by atoms with E-state index in [1.165, 1.54) is 7.11 Å². The fourth-order valence-corrected chi connectivity index (χ4v) is 2.85. The third-order valence-corrected chi connectivity index (χ3v) is 4.12. The molecule has 2 aromatic rings. The Hall–Kier alpha value is -3.02. The van der Waals surface area contributed by atoms with Gasteiger partial charge in [-0.2, -0.15) is 0 Å². The van der Waals surface area contributed by atoms with E-state index in [-0.39, 0.29) is 12.5 Å². The number of carbonyl (C=O) groups excluding carboxylic acids is 2. The van der Waals surface area contributed by atoms with E-state index >= 15 is 0 Å². The van der Waals surface area contributed by atoms with Crippen molar-refractivity contribution in [2.24, 2.45) is 0 Å². The number of esters is 1. The largest absolute Gasteiger partial charge is 0.496 e. The first kappa shape index (κ1) is 16.8. The Balaban J connectivity index is 1.98. The maximum absolute atomic E-state index is 13.0. The highest BCUT2D eigenvalue weighted by Crippen LogP contribution is 2.34. The Labute approximate surface area is 145 Å². The second-order valence-electron chi connectivity index (χ2n) is 5.70. The number of benzene rings is 2. The number of hydrogen-bond donors (Lipinski definition) is 0. The average molecular weight is 341 g/mol. The number of ether oxygens (including phenoxy) is 3. The van der Waals surface area contributed by atoms with Gasteiger partial charge in [-0.1, -0.05) is 12.1 Å². The zero-order valence-corrected chi connectivity index (χ0v) is 14.3. The highest BCUT2D eigenvalue weighted by molar-refractivity contribution is 6.08. The number of amides is 1. The molecule has 0 N–H and O–H groups in total. The van der Waals surface area contributed by atoms with Crippen LogP contribution < -0.4 is 14.4 Å². The number of methoxy groups -OCH3 is 2. The van der Waals surface area contributed by atoms with Gasteiger partial charge in [0.1, 0.15) is 11.5 Å². The quantitative estimate of drug-likeness (QED) is 0.803. The van der Waals surface area contributed by atoms with Crippen LogP contribution in [-0.2, 0) is 9.53 Å². The number of hydrogen-bond acceptors (Lipinski definition) is 5.